The number of likely N-dealkylation sites (N-methyl/N-ethyl adjacent to an activating group) is 1. The van der Waals surface area contributed by atoms with Gasteiger partial charge in [0.25, 0.3) is 11.8 Å². The molecule has 1 heterocycles. The Morgan fingerprint density at radius 1 is 0.830 bits per heavy atom. The van der Waals surface area contributed by atoms with E-state index in [-0.39, 0.29) is 18.4 Å². The number of benzene rings is 4. The smallest absolute Gasteiger partial charge is 0.254 e. The van der Waals surface area contributed by atoms with E-state index in [1.165, 1.54) is 0 Å². The molecule has 0 unspecified atom stereocenters. The summed E-state index contributed by atoms with van der Waals surface area (Å²) in [6.07, 6.45) is 1.59. The second kappa shape index (κ2) is 16.4. The molecule has 0 N–H and O–H groups in total. The highest BCUT2D eigenvalue weighted by Gasteiger charge is 2.25. The molecule has 1 aliphatic heterocycles. The second-order valence-corrected chi connectivity index (χ2v) is 12.7. The monoisotopic (exact) mass is 633 g/mol. The Hall–Kier alpha value is -4.46. The van der Waals surface area contributed by atoms with Gasteiger partial charge in [-0.15, -0.1) is 0 Å². The third-order valence-electron chi connectivity index (χ3n) is 8.57. The first-order valence-corrected chi connectivity index (χ1v) is 16.6. The lowest BCUT2D eigenvalue weighted by Crippen LogP contribution is -2.38. The molecule has 0 aromatic heterocycles. The van der Waals surface area contributed by atoms with Crippen LogP contribution in [-0.4, -0.2) is 68.6 Å². The fraction of sp³-hybridized carbons (Fsp3) is 0.350. The molecule has 0 atom stereocenters. The van der Waals surface area contributed by atoms with Crippen molar-refractivity contribution in [3.8, 4) is 16.9 Å². The average molecular weight is 634 g/mol. The second-order valence-electron chi connectivity index (χ2n) is 12.7. The van der Waals surface area contributed by atoms with Gasteiger partial charge in [-0.3, -0.25) is 9.59 Å². The van der Waals surface area contributed by atoms with Crippen molar-refractivity contribution in [2.24, 2.45) is 5.92 Å². The van der Waals surface area contributed by atoms with Gasteiger partial charge in [-0.2, -0.15) is 0 Å². The summed E-state index contributed by atoms with van der Waals surface area (Å²) in [5, 5.41) is 0. The highest BCUT2D eigenvalue weighted by Crippen LogP contribution is 2.33. The number of hydrogen-bond donors (Lipinski definition) is 0. The number of para-hydroxylation sites is 2. The van der Waals surface area contributed by atoms with E-state index in [2.05, 4.69) is 50.1 Å². The number of nitrogens with zero attached hydrogens (tertiary/aromatic N) is 3. The first-order chi connectivity index (χ1) is 22.8. The van der Waals surface area contributed by atoms with Crippen molar-refractivity contribution in [1.29, 1.82) is 0 Å². The molecular weight excluding hydrogens is 586 g/mol. The van der Waals surface area contributed by atoms with Crippen LogP contribution in [-0.2, 0) is 29.1 Å². The molecule has 0 radical (unpaired) electrons. The number of ether oxygens (including phenoxy) is 2. The minimum Gasteiger partial charge on any atom is -0.488 e. The van der Waals surface area contributed by atoms with Gasteiger partial charge in [-0.25, -0.2) is 0 Å². The zero-order valence-corrected chi connectivity index (χ0v) is 28.2. The standard InChI is InChI=1S/C40H47N3O4/c1-30(2)25-34-26-32(35-16-9-11-18-38(35)47-28-31-13-6-5-7-14-31)19-20-36(34)40(45)42-24-23-41(3)21-12-22-43(39(44)29-46-4)37-17-10-8-15-33(37)27-42/h5-11,13-20,26,30H,12,21-25,27-29H2,1-4H3. The predicted octanol–water partition coefficient (Wildman–Crippen LogP) is 7.09. The molecule has 0 spiro atoms. The van der Waals surface area contributed by atoms with E-state index in [0.29, 0.717) is 37.7 Å². The summed E-state index contributed by atoms with van der Waals surface area (Å²) in [7, 11) is 3.62. The van der Waals surface area contributed by atoms with E-state index in [1.54, 1.807) is 7.11 Å². The average Bonchev–Trinajstić information content (AvgIpc) is 3.11. The van der Waals surface area contributed by atoms with Gasteiger partial charge in [0, 0.05) is 50.1 Å². The summed E-state index contributed by atoms with van der Waals surface area (Å²) in [4.78, 5) is 33.7. The molecule has 0 bridgehead atoms. The fourth-order valence-electron chi connectivity index (χ4n) is 6.16. The van der Waals surface area contributed by atoms with Crippen molar-refractivity contribution in [1.82, 2.24) is 9.80 Å². The molecule has 7 nitrogen and oxygen atoms in total. The summed E-state index contributed by atoms with van der Waals surface area (Å²) in [6.45, 7) is 7.99. The maximum absolute atomic E-state index is 14.5. The van der Waals surface area contributed by atoms with Gasteiger partial charge in [0.15, 0.2) is 0 Å². The summed E-state index contributed by atoms with van der Waals surface area (Å²) in [6, 6.07) is 32.4. The Morgan fingerprint density at radius 3 is 2.36 bits per heavy atom. The zero-order chi connectivity index (χ0) is 33.2. The van der Waals surface area contributed by atoms with Crippen molar-refractivity contribution in [2.45, 2.75) is 39.8 Å². The van der Waals surface area contributed by atoms with E-state index in [4.69, 9.17) is 9.47 Å². The molecule has 4 aromatic rings. The van der Waals surface area contributed by atoms with Crippen molar-refractivity contribution in [3.63, 3.8) is 0 Å². The number of fused-ring (bicyclic) bond motifs is 1. The van der Waals surface area contributed by atoms with Gasteiger partial charge in [-0.05, 0) is 72.8 Å². The topological polar surface area (TPSA) is 62.3 Å². The molecule has 0 aliphatic carbocycles. The van der Waals surface area contributed by atoms with Crippen molar-refractivity contribution in [3.05, 3.63) is 119 Å². The van der Waals surface area contributed by atoms with E-state index < -0.39 is 0 Å². The summed E-state index contributed by atoms with van der Waals surface area (Å²) in [5.41, 5.74) is 6.65. The van der Waals surface area contributed by atoms with E-state index in [1.807, 2.05) is 82.6 Å². The molecular formula is C40H47N3O4. The number of methoxy groups -OCH3 is 1. The van der Waals surface area contributed by atoms with Crippen LogP contribution in [0.15, 0.2) is 97.1 Å². The van der Waals surface area contributed by atoms with Gasteiger partial charge < -0.3 is 24.2 Å². The SMILES string of the molecule is COCC(=O)N1CCCN(C)CCN(C(=O)c2ccc(-c3ccccc3OCc3ccccc3)cc2CC(C)C)Cc2ccccc21. The van der Waals surface area contributed by atoms with Crippen LogP contribution in [0.2, 0.25) is 0 Å². The first kappa shape index (κ1) is 33.9. The van der Waals surface area contributed by atoms with Crippen LogP contribution < -0.4 is 9.64 Å². The van der Waals surface area contributed by atoms with E-state index in [0.717, 1.165) is 65.2 Å². The molecule has 1 aliphatic rings. The molecule has 2 amide bonds. The van der Waals surface area contributed by atoms with E-state index in [9.17, 15) is 9.59 Å². The first-order valence-electron chi connectivity index (χ1n) is 16.6. The van der Waals surface area contributed by atoms with Gasteiger partial charge in [0.2, 0.25) is 0 Å². The minimum absolute atomic E-state index is 0.00182. The third-order valence-corrected chi connectivity index (χ3v) is 8.57. The third kappa shape index (κ3) is 8.88. The van der Waals surface area contributed by atoms with Crippen LogP contribution >= 0.6 is 0 Å². The van der Waals surface area contributed by atoms with E-state index >= 15 is 0 Å². The van der Waals surface area contributed by atoms with Gasteiger partial charge in [0.05, 0.1) is 0 Å². The maximum atomic E-state index is 14.5. The van der Waals surface area contributed by atoms with Gasteiger partial charge >= 0.3 is 0 Å². The quantitative estimate of drug-likeness (QED) is 0.197. The number of hydrogen-bond acceptors (Lipinski definition) is 5. The lowest BCUT2D eigenvalue weighted by molar-refractivity contribution is -0.122. The lowest BCUT2D eigenvalue weighted by atomic mass is 9.92. The zero-order valence-electron chi connectivity index (χ0n) is 28.2. The Balaban J connectivity index is 1.48. The summed E-state index contributed by atoms with van der Waals surface area (Å²) >= 11 is 0. The Kier molecular flexibility index (Phi) is 11.8. The van der Waals surface area contributed by atoms with Crippen LogP contribution in [0.4, 0.5) is 5.69 Å². The molecule has 0 fully saturated rings. The van der Waals surface area contributed by atoms with Crippen molar-refractivity contribution in [2.75, 3.05) is 51.8 Å². The highest BCUT2D eigenvalue weighted by atomic mass is 16.5. The largest absolute Gasteiger partial charge is 0.488 e. The number of rotatable bonds is 9. The number of carbonyl (C=O) groups is 2. The number of carbonyl (C=O) groups excluding carboxylic acids is 2. The molecule has 7 heteroatoms. The predicted molar refractivity (Wildman–Crippen MR) is 189 cm³/mol. The molecule has 246 valence electrons. The van der Waals surface area contributed by atoms with Crippen LogP contribution in [0.25, 0.3) is 11.1 Å². The lowest BCUT2D eigenvalue weighted by Gasteiger charge is -2.28. The Morgan fingerprint density at radius 2 is 1.57 bits per heavy atom. The molecule has 47 heavy (non-hydrogen) atoms. The molecule has 4 aromatic carbocycles. The highest BCUT2D eigenvalue weighted by molar-refractivity contribution is 5.97. The molecule has 5 rings (SSSR count). The van der Waals surface area contributed by atoms with Crippen LogP contribution in [0.1, 0.15) is 47.3 Å². The minimum atomic E-state index is -0.0810. The van der Waals surface area contributed by atoms with Gasteiger partial charge in [0.1, 0.15) is 19.0 Å². The Labute approximate surface area is 279 Å². The molecule has 0 saturated heterocycles. The summed E-state index contributed by atoms with van der Waals surface area (Å²) in [5.74, 6) is 1.09. The Bertz CT molecular complexity index is 1640. The number of amides is 2. The number of anilines is 1. The molecule has 0 saturated carbocycles. The normalized spacial score (nSPS) is 14.4. The van der Waals surface area contributed by atoms with Crippen molar-refractivity contribution >= 4 is 17.5 Å². The van der Waals surface area contributed by atoms with Crippen LogP contribution in [0.5, 0.6) is 5.75 Å². The van der Waals surface area contributed by atoms with Crippen LogP contribution in [0.3, 0.4) is 0 Å². The van der Waals surface area contributed by atoms with Crippen molar-refractivity contribution < 1.29 is 19.1 Å². The summed E-state index contributed by atoms with van der Waals surface area (Å²) < 4.78 is 11.5. The van der Waals surface area contributed by atoms with Gasteiger partial charge in [-0.1, -0.05) is 92.7 Å². The fourth-order valence-corrected chi connectivity index (χ4v) is 6.16. The maximum Gasteiger partial charge on any atom is 0.254 e. The van der Waals surface area contributed by atoms with Crippen LogP contribution in [0, 0.1) is 5.92 Å².